The van der Waals surface area contributed by atoms with Gasteiger partial charge < -0.3 is 40.2 Å². The lowest BCUT2D eigenvalue weighted by Gasteiger charge is -2.21. The molecule has 5 aromatic carbocycles. The van der Waals surface area contributed by atoms with E-state index < -0.39 is 35.1 Å². The zero-order chi connectivity index (χ0) is 85.1. The van der Waals surface area contributed by atoms with Crippen molar-refractivity contribution < 1.29 is 48.7 Å². The fraction of sp³-hybridized carbons (Fsp3) is 0.181. The number of aromatic nitrogens is 17. The van der Waals surface area contributed by atoms with Gasteiger partial charge in [-0.2, -0.15) is 26.3 Å². The molecule has 40 heteroatoms. The van der Waals surface area contributed by atoms with E-state index in [1.807, 2.05) is 85.8 Å². The molecule has 1 fully saturated rings. The SMILES string of the molecule is COc1ccc(-c2cnc3sc(NCc4ccco4)nn23)cn1.Cc1ccccc1CNc1nn2c(-c3cccc(C(F)(F)F)c3)cnc2s1.FC(F)(F)c1cccc(-c2cnc3sc(NC4CCCCC4)nn23)c1.Fc1ccc(-c2cnc3sc(NCCc4ccccn4)nn23)cc1Cl.Fc1ccc(-c2cnc3sc(NCc4ccco4)nn23)cc1Cl. The second-order valence-corrected chi connectivity index (χ2v) is 32.9. The lowest BCUT2D eigenvalue weighted by molar-refractivity contribution is -0.138. The van der Waals surface area contributed by atoms with E-state index in [2.05, 4.69) is 87.0 Å². The van der Waals surface area contributed by atoms with Crippen LogP contribution in [0.15, 0.2) is 229 Å². The van der Waals surface area contributed by atoms with Crippen molar-refractivity contribution in [3.63, 3.8) is 0 Å². The van der Waals surface area contributed by atoms with Crippen LogP contribution in [0.4, 0.5) is 60.8 Å². The van der Waals surface area contributed by atoms with Gasteiger partial charge in [0.15, 0.2) is 0 Å². The molecule has 20 rings (SSSR count). The molecule has 123 heavy (non-hydrogen) atoms. The molecule has 0 spiro atoms. The number of benzene rings is 5. The summed E-state index contributed by atoms with van der Waals surface area (Å²) in [5.41, 5.74) is 8.83. The first-order chi connectivity index (χ1) is 59.7. The maximum Gasteiger partial charge on any atom is 0.416 e. The number of rotatable bonds is 21. The number of alkyl halides is 6. The van der Waals surface area contributed by atoms with E-state index in [0.29, 0.717) is 69.1 Å². The maximum absolute atomic E-state index is 13.4. The number of hydrogen-bond donors (Lipinski definition) is 5. The largest absolute Gasteiger partial charge is 0.481 e. The van der Waals surface area contributed by atoms with Gasteiger partial charge in [0.25, 0.3) is 0 Å². The standard InChI is InChI=1S/C19H15F3N4S.C17H13ClFN5S.C17H17F3N4S.C15H10ClFN4OS.C15H13N5O2S/c1-12-5-2-3-6-14(12)10-23-17-25-26-16(11-24-18(26)27-17)13-7-4-8-15(9-13)19(20,21)22;18-13-9-11(4-5-14(13)19)15-10-22-17-24(15)23-16(25-17)21-8-6-12-3-1-2-7-20-12;18-17(19,20)12-6-4-5-11(9-12)14-10-21-16-24(14)23-15(25-16)22-13-7-2-1-3-8-13;16-11-6-9(3-4-12(11)17)13-8-19-15-21(13)20-14(23-15)18-7-10-2-1-5-22-10;1-21-13-5-4-10(7-16-13)12-9-18-15-20(12)19-14(23-15)17-8-11-3-2-6-22-11/h2-9,11H,10H2,1H3,(H,23,25);1-5,7,9-10H,6,8H2,(H,21,23);4-6,9-10,13H,1-3,7-8H2,(H,22,23);1-6,8H,7H2,(H,18,20);2-7,9H,8H2,1H3,(H,17,19). The highest BCUT2D eigenvalue weighted by Crippen LogP contribution is 2.38. The van der Waals surface area contributed by atoms with Gasteiger partial charge in [-0.25, -0.2) is 61.3 Å². The summed E-state index contributed by atoms with van der Waals surface area (Å²) in [5.74, 6) is 1.37. The lowest BCUT2D eigenvalue weighted by atomic mass is 9.96. The summed E-state index contributed by atoms with van der Waals surface area (Å²) in [7, 11) is 1.59. The van der Waals surface area contributed by atoms with Crippen molar-refractivity contribution in [3.8, 4) is 62.2 Å². The molecule has 0 unspecified atom stereocenters. The number of methoxy groups -OCH3 is 1. The van der Waals surface area contributed by atoms with E-state index in [1.54, 1.807) is 122 Å². The quantitative estimate of drug-likeness (QED) is 0.0418. The average Bonchev–Trinajstić information content (AvgIpc) is 1.66. The Bertz CT molecular complexity index is 6730. The molecule has 628 valence electrons. The minimum Gasteiger partial charge on any atom is -0.481 e. The van der Waals surface area contributed by atoms with Crippen molar-refractivity contribution in [2.24, 2.45) is 0 Å². The van der Waals surface area contributed by atoms with Gasteiger partial charge >= 0.3 is 12.4 Å². The number of fused-ring (bicyclic) bond motifs is 5. The Balaban J connectivity index is 0.000000114. The van der Waals surface area contributed by atoms with Crippen molar-refractivity contribution in [3.05, 3.63) is 281 Å². The number of pyridine rings is 2. The minimum atomic E-state index is -4.39. The van der Waals surface area contributed by atoms with Crippen LogP contribution in [-0.4, -0.2) is 103 Å². The summed E-state index contributed by atoms with van der Waals surface area (Å²) < 4.78 is 128. The van der Waals surface area contributed by atoms with E-state index in [0.717, 1.165) is 142 Å². The predicted octanol–water partition coefficient (Wildman–Crippen LogP) is 22.4. The molecule has 1 saturated carbocycles. The number of furan rings is 2. The number of hydrogen-bond acceptors (Lipinski definition) is 25. The Labute approximate surface area is 723 Å². The van der Waals surface area contributed by atoms with E-state index in [9.17, 15) is 35.1 Å². The van der Waals surface area contributed by atoms with Gasteiger partial charge in [0, 0.05) is 77.5 Å². The molecule has 5 N–H and O–H groups in total. The third-order valence-corrected chi connectivity index (χ3v) is 24.0. The third-order valence-electron chi connectivity index (χ3n) is 19.1. The van der Waals surface area contributed by atoms with Crippen molar-refractivity contribution in [2.75, 3.05) is 40.2 Å². The molecular weight excluding hydrogens is 1740 g/mol. The summed E-state index contributed by atoms with van der Waals surface area (Å²) in [6.45, 7) is 4.51. The van der Waals surface area contributed by atoms with Crippen LogP contribution < -0.4 is 31.3 Å². The predicted molar refractivity (Wildman–Crippen MR) is 463 cm³/mol. The molecule has 14 aromatic heterocycles. The topological polar surface area (TPSA) is 272 Å². The number of imidazole rings is 5. The van der Waals surface area contributed by atoms with Gasteiger partial charge in [-0.1, -0.05) is 154 Å². The van der Waals surface area contributed by atoms with Gasteiger partial charge in [0.2, 0.25) is 56.3 Å². The fourth-order valence-electron chi connectivity index (χ4n) is 12.9. The van der Waals surface area contributed by atoms with Crippen molar-refractivity contribution in [1.29, 1.82) is 0 Å². The average molecular weight is 1800 g/mol. The van der Waals surface area contributed by atoms with Crippen molar-refractivity contribution >= 4 is 130 Å². The normalized spacial score (nSPS) is 12.4. The zero-order valence-electron chi connectivity index (χ0n) is 64.6. The molecule has 14 heterocycles. The molecular formula is C83H68Cl2F8N22O3S5. The molecule has 25 nitrogen and oxygen atoms in total. The maximum atomic E-state index is 13.4. The highest BCUT2D eigenvalue weighted by atomic mass is 35.5. The van der Waals surface area contributed by atoms with E-state index >= 15 is 0 Å². The van der Waals surface area contributed by atoms with Gasteiger partial charge in [-0.15, -0.1) is 25.5 Å². The Morgan fingerprint density at radius 1 is 0.431 bits per heavy atom. The number of nitrogens with zero attached hydrogens (tertiary/aromatic N) is 17. The van der Waals surface area contributed by atoms with Gasteiger partial charge in [-0.05, 0) is 134 Å². The number of ether oxygens (including phenoxy) is 1. The van der Waals surface area contributed by atoms with Crippen LogP contribution in [0.3, 0.4) is 0 Å². The Morgan fingerprint density at radius 3 is 1.28 bits per heavy atom. The van der Waals surface area contributed by atoms with E-state index in [-0.39, 0.29) is 10.0 Å². The van der Waals surface area contributed by atoms with Gasteiger partial charge in [0.1, 0.15) is 23.2 Å². The smallest absolute Gasteiger partial charge is 0.416 e. The third kappa shape index (κ3) is 20.4. The number of halogens is 10. The molecule has 1 aliphatic carbocycles. The molecule has 0 amide bonds. The molecule has 1 aliphatic rings. The summed E-state index contributed by atoms with van der Waals surface area (Å²) in [4.78, 5) is 33.8. The minimum absolute atomic E-state index is 0.0730. The highest BCUT2D eigenvalue weighted by Gasteiger charge is 2.32. The second kappa shape index (κ2) is 37.7. The molecule has 0 bridgehead atoms. The number of aryl methyl sites for hydroxylation is 1. The van der Waals surface area contributed by atoms with E-state index in [1.165, 1.54) is 106 Å². The molecule has 19 aromatic rings. The first kappa shape index (κ1) is 83.9. The number of nitrogens with one attached hydrogen (secondary N) is 5. The van der Waals surface area contributed by atoms with Crippen LogP contribution in [-0.2, 0) is 38.4 Å². The van der Waals surface area contributed by atoms with E-state index in [4.69, 9.17) is 36.8 Å². The Kier molecular flexibility index (Phi) is 25.7. The van der Waals surface area contributed by atoms with Crippen LogP contribution >= 0.6 is 79.9 Å². The first-order valence-corrected chi connectivity index (χ1v) is 42.7. The van der Waals surface area contributed by atoms with Crippen molar-refractivity contribution in [1.82, 2.24) is 83.0 Å². The highest BCUT2D eigenvalue weighted by molar-refractivity contribution is 7.21. The van der Waals surface area contributed by atoms with Gasteiger partial charge in [0.05, 0.1) is 113 Å². The molecule has 0 atom stereocenters. The summed E-state index contributed by atoms with van der Waals surface area (Å²) in [6, 6.07) is 45.1. The summed E-state index contributed by atoms with van der Waals surface area (Å²) in [6.07, 6.45) is 13.1. The Morgan fingerprint density at radius 2 is 0.862 bits per heavy atom. The number of anilines is 5. The van der Waals surface area contributed by atoms with Crippen LogP contribution in [0, 0.1) is 18.6 Å². The lowest BCUT2D eigenvalue weighted by Crippen LogP contribution is -2.22. The monoisotopic (exact) mass is 1800 g/mol. The van der Waals surface area contributed by atoms with Crippen LogP contribution in [0.25, 0.3) is 81.1 Å². The van der Waals surface area contributed by atoms with Crippen molar-refractivity contribution in [2.45, 2.75) is 83.5 Å². The van der Waals surface area contributed by atoms with Crippen LogP contribution in [0.1, 0.15) is 71.6 Å². The second-order valence-electron chi connectivity index (χ2n) is 27.4. The van der Waals surface area contributed by atoms with Crippen LogP contribution in [0.2, 0.25) is 10.0 Å². The molecule has 0 saturated heterocycles. The summed E-state index contributed by atoms with van der Waals surface area (Å²) in [5, 5.41) is 42.8. The van der Waals surface area contributed by atoms with Gasteiger partial charge in [-0.3, -0.25) is 4.98 Å². The first-order valence-electron chi connectivity index (χ1n) is 37.9. The fourth-order valence-corrected chi connectivity index (χ4v) is 17.2. The Hall–Kier alpha value is -12.7. The summed E-state index contributed by atoms with van der Waals surface area (Å²) >= 11 is 18.9. The molecule has 0 aliphatic heterocycles. The molecule has 0 radical (unpaired) electrons. The zero-order valence-corrected chi connectivity index (χ0v) is 70.2. The van der Waals surface area contributed by atoms with Crippen LogP contribution in [0.5, 0.6) is 5.88 Å².